The highest BCUT2D eigenvalue weighted by atomic mass is 19.1. The first-order chi connectivity index (χ1) is 10.7. The number of hydrogen-bond acceptors (Lipinski definition) is 3. The van der Waals surface area contributed by atoms with Crippen molar-refractivity contribution >= 4 is 11.6 Å². The second-order valence-electron chi connectivity index (χ2n) is 6.13. The molecule has 2 aliphatic heterocycles. The number of carbonyl (C=O) groups is 1. The van der Waals surface area contributed by atoms with Gasteiger partial charge in [0.05, 0.1) is 5.69 Å². The average molecular weight is 306 g/mol. The number of benzene rings is 1. The van der Waals surface area contributed by atoms with Crippen molar-refractivity contribution < 1.29 is 13.9 Å². The van der Waals surface area contributed by atoms with Crippen molar-refractivity contribution in [3.8, 4) is 0 Å². The first-order valence-corrected chi connectivity index (χ1v) is 8.12. The highest BCUT2D eigenvalue weighted by Gasteiger charge is 2.19. The third-order valence-corrected chi connectivity index (χ3v) is 4.60. The van der Waals surface area contributed by atoms with E-state index in [0.717, 1.165) is 50.1 Å². The van der Waals surface area contributed by atoms with Crippen molar-refractivity contribution in [3.63, 3.8) is 0 Å². The topological polar surface area (TPSA) is 50.4 Å². The van der Waals surface area contributed by atoms with E-state index < -0.39 is 0 Å². The minimum absolute atomic E-state index is 0.0979. The molecular formula is C17H23FN2O2. The highest BCUT2D eigenvalue weighted by Crippen LogP contribution is 2.25. The first-order valence-electron chi connectivity index (χ1n) is 8.12. The number of fused-ring (bicyclic) bond motifs is 1. The number of hydrogen-bond donors (Lipinski definition) is 2. The number of amides is 1. The Kier molecular flexibility index (Phi) is 5.05. The van der Waals surface area contributed by atoms with Crippen molar-refractivity contribution in [1.29, 1.82) is 0 Å². The van der Waals surface area contributed by atoms with Crippen LogP contribution in [0.2, 0.25) is 0 Å². The van der Waals surface area contributed by atoms with E-state index in [2.05, 4.69) is 10.6 Å². The van der Waals surface area contributed by atoms with E-state index >= 15 is 0 Å². The molecule has 0 unspecified atom stereocenters. The molecule has 1 saturated heterocycles. The zero-order valence-corrected chi connectivity index (χ0v) is 12.8. The monoisotopic (exact) mass is 306 g/mol. The van der Waals surface area contributed by atoms with E-state index in [1.165, 1.54) is 0 Å². The molecule has 1 amide bonds. The minimum atomic E-state index is -0.265. The second-order valence-corrected chi connectivity index (χ2v) is 6.13. The van der Waals surface area contributed by atoms with Gasteiger partial charge < -0.3 is 15.4 Å². The highest BCUT2D eigenvalue weighted by molar-refractivity contribution is 5.91. The predicted molar refractivity (Wildman–Crippen MR) is 83.2 cm³/mol. The van der Waals surface area contributed by atoms with Gasteiger partial charge in [0.25, 0.3) is 0 Å². The van der Waals surface area contributed by atoms with Gasteiger partial charge in [-0.15, -0.1) is 0 Å². The van der Waals surface area contributed by atoms with Crippen molar-refractivity contribution in [2.45, 2.75) is 38.6 Å². The van der Waals surface area contributed by atoms with Crippen LogP contribution in [0.25, 0.3) is 0 Å². The number of nitrogens with one attached hydrogen (secondary N) is 2. The molecule has 120 valence electrons. The molecule has 1 fully saturated rings. The number of carbonyl (C=O) groups excluding carboxylic acids is 1. The molecule has 3 rings (SSSR count). The summed E-state index contributed by atoms with van der Waals surface area (Å²) in [5, 5.41) is 5.96. The zero-order chi connectivity index (χ0) is 15.4. The van der Waals surface area contributed by atoms with Crippen molar-refractivity contribution in [1.82, 2.24) is 5.32 Å². The molecule has 0 bridgehead atoms. The summed E-state index contributed by atoms with van der Waals surface area (Å²) in [7, 11) is 0. The van der Waals surface area contributed by atoms with Crippen LogP contribution < -0.4 is 10.6 Å². The molecule has 22 heavy (non-hydrogen) atoms. The molecule has 2 aliphatic rings. The molecule has 2 heterocycles. The van der Waals surface area contributed by atoms with Crippen LogP contribution in [0.15, 0.2) is 12.1 Å². The molecule has 0 aliphatic carbocycles. The standard InChI is InChI=1S/C17H23FN2O2/c18-17-14-5-8-19-11-13(14)2-3-15(17)20-16(21)4-1-12-6-9-22-10-7-12/h2-3,12,19H,1,4-11H2,(H,20,21). The Hall–Kier alpha value is -1.46. The molecule has 0 saturated carbocycles. The first kappa shape index (κ1) is 15.4. The Morgan fingerprint density at radius 1 is 1.36 bits per heavy atom. The number of halogens is 1. The van der Waals surface area contributed by atoms with E-state index in [9.17, 15) is 9.18 Å². The molecule has 2 N–H and O–H groups in total. The van der Waals surface area contributed by atoms with E-state index in [-0.39, 0.29) is 11.7 Å². The largest absolute Gasteiger partial charge is 0.381 e. The molecule has 1 aromatic rings. The molecule has 4 nitrogen and oxygen atoms in total. The number of ether oxygens (including phenoxy) is 1. The Labute approximate surface area is 130 Å². The van der Waals surface area contributed by atoms with Gasteiger partial charge in [-0.2, -0.15) is 0 Å². The summed E-state index contributed by atoms with van der Waals surface area (Å²) in [5.74, 6) is 0.191. The summed E-state index contributed by atoms with van der Waals surface area (Å²) in [4.78, 5) is 12.1. The molecule has 0 radical (unpaired) electrons. The third kappa shape index (κ3) is 3.65. The molecule has 5 heteroatoms. The quantitative estimate of drug-likeness (QED) is 0.899. The van der Waals surface area contributed by atoms with Gasteiger partial charge >= 0.3 is 0 Å². The van der Waals surface area contributed by atoms with E-state index in [1.54, 1.807) is 6.07 Å². The van der Waals surface area contributed by atoms with Crippen molar-refractivity contribution in [3.05, 3.63) is 29.1 Å². The normalized spacial score (nSPS) is 18.8. The van der Waals surface area contributed by atoms with Crippen LogP contribution in [0.4, 0.5) is 10.1 Å². The van der Waals surface area contributed by atoms with E-state index in [1.807, 2.05) is 6.07 Å². The Balaban J connectivity index is 1.57. The lowest BCUT2D eigenvalue weighted by atomic mass is 9.95. The molecule has 1 aromatic carbocycles. The SMILES string of the molecule is O=C(CCC1CCOCC1)Nc1ccc2c(c1F)CCNC2. The predicted octanol–water partition coefficient (Wildman–Crippen LogP) is 2.62. The maximum absolute atomic E-state index is 14.5. The fraction of sp³-hybridized carbons (Fsp3) is 0.588. The minimum Gasteiger partial charge on any atom is -0.381 e. The van der Waals surface area contributed by atoms with Crippen LogP contribution in [0.5, 0.6) is 0 Å². The van der Waals surface area contributed by atoms with Gasteiger partial charge in [-0.25, -0.2) is 4.39 Å². The van der Waals surface area contributed by atoms with Crippen LogP contribution in [0.3, 0.4) is 0 Å². The van der Waals surface area contributed by atoms with Crippen LogP contribution in [0.1, 0.15) is 36.8 Å². The van der Waals surface area contributed by atoms with Gasteiger partial charge in [-0.3, -0.25) is 4.79 Å². The number of anilines is 1. The van der Waals surface area contributed by atoms with Gasteiger partial charge in [-0.05, 0) is 55.3 Å². The summed E-state index contributed by atoms with van der Waals surface area (Å²) in [6, 6.07) is 3.58. The number of rotatable bonds is 4. The van der Waals surface area contributed by atoms with Crippen LogP contribution >= 0.6 is 0 Å². The average Bonchev–Trinajstić information content (AvgIpc) is 2.57. The Bertz CT molecular complexity index is 542. The van der Waals surface area contributed by atoms with Crippen molar-refractivity contribution in [2.75, 3.05) is 25.1 Å². The molecule has 0 atom stereocenters. The lowest BCUT2D eigenvalue weighted by molar-refractivity contribution is -0.116. The molecule has 0 aromatic heterocycles. The van der Waals surface area contributed by atoms with Gasteiger partial charge in [0, 0.05) is 26.2 Å². The summed E-state index contributed by atoms with van der Waals surface area (Å²) in [6.45, 7) is 3.06. The zero-order valence-electron chi connectivity index (χ0n) is 12.8. The molecule has 0 spiro atoms. The van der Waals surface area contributed by atoms with Gasteiger partial charge in [-0.1, -0.05) is 6.07 Å². The van der Waals surface area contributed by atoms with Gasteiger partial charge in [0.15, 0.2) is 0 Å². The summed E-state index contributed by atoms with van der Waals surface area (Å²) < 4.78 is 19.8. The summed E-state index contributed by atoms with van der Waals surface area (Å²) >= 11 is 0. The maximum Gasteiger partial charge on any atom is 0.224 e. The summed E-state index contributed by atoms with van der Waals surface area (Å²) in [5.41, 5.74) is 2.04. The van der Waals surface area contributed by atoms with Crippen molar-refractivity contribution in [2.24, 2.45) is 5.92 Å². The lowest BCUT2D eigenvalue weighted by Crippen LogP contribution is -2.25. The van der Waals surface area contributed by atoms with Crippen LogP contribution in [-0.4, -0.2) is 25.7 Å². The fourth-order valence-electron chi connectivity index (χ4n) is 3.21. The fourth-order valence-corrected chi connectivity index (χ4v) is 3.21. The Morgan fingerprint density at radius 2 is 2.18 bits per heavy atom. The third-order valence-electron chi connectivity index (χ3n) is 4.60. The lowest BCUT2D eigenvalue weighted by Gasteiger charge is -2.22. The Morgan fingerprint density at radius 3 is 3.00 bits per heavy atom. The second kappa shape index (κ2) is 7.20. The van der Waals surface area contributed by atoms with Gasteiger partial charge in [0.2, 0.25) is 5.91 Å². The van der Waals surface area contributed by atoms with Crippen LogP contribution in [-0.2, 0) is 22.5 Å². The molecular weight excluding hydrogens is 283 g/mol. The van der Waals surface area contributed by atoms with E-state index in [0.29, 0.717) is 31.0 Å². The smallest absolute Gasteiger partial charge is 0.224 e. The summed E-state index contributed by atoms with van der Waals surface area (Å²) in [6.07, 6.45) is 4.02. The van der Waals surface area contributed by atoms with Crippen LogP contribution in [0, 0.1) is 11.7 Å². The maximum atomic E-state index is 14.5. The van der Waals surface area contributed by atoms with E-state index in [4.69, 9.17) is 4.74 Å². The van der Waals surface area contributed by atoms with Gasteiger partial charge in [0.1, 0.15) is 5.82 Å².